The molecule has 0 unspecified atom stereocenters. The van der Waals surface area contributed by atoms with Crippen LogP contribution in [0, 0.1) is 0 Å². The van der Waals surface area contributed by atoms with Crippen molar-refractivity contribution in [3.63, 3.8) is 0 Å². The second-order valence-corrected chi connectivity index (χ2v) is 4.55. The minimum Gasteiger partial charge on any atom is -0.461 e. The molecule has 1 aliphatic carbocycles. The van der Waals surface area contributed by atoms with Crippen molar-refractivity contribution in [2.24, 2.45) is 0 Å². The molecule has 1 saturated carbocycles. The van der Waals surface area contributed by atoms with Crippen LogP contribution in [0.2, 0.25) is 0 Å². The molecule has 1 atom stereocenters. The number of esters is 1. The van der Waals surface area contributed by atoms with E-state index in [4.69, 9.17) is 4.74 Å². The maximum Gasteiger partial charge on any atom is 0.329 e. The molecule has 0 spiro atoms. The summed E-state index contributed by atoms with van der Waals surface area (Å²) < 4.78 is 5.40. The summed E-state index contributed by atoms with van der Waals surface area (Å²) >= 11 is 0. The van der Waals surface area contributed by atoms with E-state index in [0.717, 1.165) is 24.9 Å². The Hall–Kier alpha value is -1.51. The number of fused-ring (bicyclic) bond motifs is 1. The molecule has 0 radical (unpaired) electrons. The molecule has 0 saturated heterocycles. The highest BCUT2D eigenvalue weighted by Crippen LogP contribution is 2.28. The third-order valence-electron chi connectivity index (χ3n) is 3.39. The van der Waals surface area contributed by atoms with Gasteiger partial charge in [-0.05, 0) is 30.9 Å². The molecule has 3 heteroatoms. The number of hydrogen-bond donors (Lipinski definition) is 1. The second kappa shape index (κ2) is 3.81. The first-order chi connectivity index (χ1) is 7.83. The maximum absolute atomic E-state index is 11.8. The molecule has 0 bridgehead atoms. The zero-order chi connectivity index (χ0) is 11.0. The zero-order valence-corrected chi connectivity index (χ0v) is 9.11. The van der Waals surface area contributed by atoms with Gasteiger partial charge in [-0.2, -0.15) is 0 Å². The molecule has 1 heterocycles. The molecule has 16 heavy (non-hydrogen) atoms. The Morgan fingerprint density at radius 3 is 2.81 bits per heavy atom. The highest BCUT2D eigenvalue weighted by molar-refractivity contribution is 5.83. The van der Waals surface area contributed by atoms with Gasteiger partial charge in [0.2, 0.25) is 0 Å². The van der Waals surface area contributed by atoms with E-state index >= 15 is 0 Å². The third-order valence-corrected chi connectivity index (χ3v) is 3.39. The van der Waals surface area contributed by atoms with E-state index in [1.165, 1.54) is 12.0 Å². The van der Waals surface area contributed by atoms with Crippen LogP contribution in [-0.4, -0.2) is 18.1 Å². The minimum atomic E-state index is -0.182. The Labute approximate surface area is 94.8 Å². The van der Waals surface area contributed by atoms with Crippen LogP contribution < -0.4 is 5.32 Å². The normalized spacial score (nSPS) is 23.1. The average Bonchev–Trinajstić information content (AvgIpc) is 2.66. The van der Waals surface area contributed by atoms with Gasteiger partial charge in [0.15, 0.2) is 0 Å². The van der Waals surface area contributed by atoms with Crippen molar-refractivity contribution in [3.8, 4) is 0 Å². The first-order valence-electron chi connectivity index (χ1n) is 5.88. The smallest absolute Gasteiger partial charge is 0.329 e. The molecule has 1 fully saturated rings. The molecule has 1 N–H and O–H groups in total. The van der Waals surface area contributed by atoms with Crippen molar-refractivity contribution in [2.75, 3.05) is 5.32 Å². The van der Waals surface area contributed by atoms with Gasteiger partial charge >= 0.3 is 5.97 Å². The molecule has 3 rings (SSSR count). The van der Waals surface area contributed by atoms with Crippen molar-refractivity contribution < 1.29 is 9.53 Å². The van der Waals surface area contributed by atoms with Crippen LogP contribution in [0.4, 0.5) is 5.69 Å². The molecule has 0 amide bonds. The average molecular weight is 217 g/mol. The predicted molar refractivity (Wildman–Crippen MR) is 61.3 cm³/mol. The van der Waals surface area contributed by atoms with Crippen molar-refractivity contribution >= 4 is 11.7 Å². The summed E-state index contributed by atoms with van der Waals surface area (Å²) in [4.78, 5) is 11.8. The molecule has 2 aliphatic rings. The van der Waals surface area contributed by atoms with Gasteiger partial charge in [0.1, 0.15) is 12.1 Å². The molecule has 1 aromatic carbocycles. The van der Waals surface area contributed by atoms with Crippen LogP contribution in [0.5, 0.6) is 0 Å². The second-order valence-electron chi connectivity index (χ2n) is 4.55. The van der Waals surface area contributed by atoms with Crippen LogP contribution in [0.1, 0.15) is 24.8 Å². The van der Waals surface area contributed by atoms with Crippen molar-refractivity contribution in [1.82, 2.24) is 0 Å². The summed E-state index contributed by atoms with van der Waals surface area (Å²) in [5.74, 6) is -0.0964. The summed E-state index contributed by atoms with van der Waals surface area (Å²) in [6, 6.07) is 7.86. The lowest BCUT2D eigenvalue weighted by atomic mass is 9.96. The first kappa shape index (κ1) is 9.70. The van der Waals surface area contributed by atoms with Crippen molar-refractivity contribution in [1.29, 1.82) is 0 Å². The highest BCUT2D eigenvalue weighted by Gasteiger charge is 2.30. The Bertz CT molecular complexity index is 387. The molecule has 1 aliphatic heterocycles. The summed E-state index contributed by atoms with van der Waals surface area (Å²) in [6.07, 6.45) is 4.19. The minimum absolute atomic E-state index is 0.0964. The van der Waals surface area contributed by atoms with E-state index in [1.54, 1.807) is 0 Å². The van der Waals surface area contributed by atoms with Gasteiger partial charge in [0, 0.05) is 12.1 Å². The molecular formula is C13H15NO2. The number of carbonyl (C=O) groups is 1. The Morgan fingerprint density at radius 1 is 1.31 bits per heavy atom. The van der Waals surface area contributed by atoms with Gasteiger partial charge in [0.25, 0.3) is 0 Å². The monoisotopic (exact) mass is 217 g/mol. The van der Waals surface area contributed by atoms with Crippen LogP contribution >= 0.6 is 0 Å². The number of anilines is 1. The van der Waals surface area contributed by atoms with Gasteiger partial charge < -0.3 is 10.1 Å². The number of para-hydroxylation sites is 1. The van der Waals surface area contributed by atoms with Crippen molar-refractivity contribution in [3.05, 3.63) is 29.8 Å². The fourth-order valence-electron chi connectivity index (χ4n) is 2.18. The summed E-state index contributed by atoms with van der Waals surface area (Å²) in [6.45, 7) is 0. The summed E-state index contributed by atoms with van der Waals surface area (Å²) in [7, 11) is 0. The predicted octanol–water partition coefficient (Wildman–Crippen LogP) is 2.12. The highest BCUT2D eigenvalue weighted by atomic mass is 16.5. The number of ether oxygens (including phenoxy) is 1. The number of carbonyl (C=O) groups excluding carboxylic acids is 1. The Kier molecular flexibility index (Phi) is 2.31. The molecule has 0 aromatic heterocycles. The quantitative estimate of drug-likeness (QED) is 0.771. The van der Waals surface area contributed by atoms with Gasteiger partial charge in [-0.3, -0.25) is 0 Å². The van der Waals surface area contributed by atoms with Gasteiger partial charge in [-0.25, -0.2) is 4.79 Å². The molecule has 84 valence electrons. The number of rotatable bonds is 2. The van der Waals surface area contributed by atoms with Gasteiger partial charge in [0.05, 0.1) is 0 Å². The van der Waals surface area contributed by atoms with E-state index < -0.39 is 0 Å². The van der Waals surface area contributed by atoms with Crippen LogP contribution in [-0.2, 0) is 16.0 Å². The largest absolute Gasteiger partial charge is 0.461 e. The van der Waals surface area contributed by atoms with E-state index in [-0.39, 0.29) is 18.1 Å². The topological polar surface area (TPSA) is 38.3 Å². The molecular weight excluding hydrogens is 202 g/mol. The Morgan fingerprint density at radius 2 is 2.12 bits per heavy atom. The Balaban J connectivity index is 1.64. The number of hydrogen-bond acceptors (Lipinski definition) is 3. The maximum atomic E-state index is 11.8. The fourth-order valence-corrected chi connectivity index (χ4v) is 2.18. The van der Waals surface area contributed by atoms with E-state index in [0.29, 0.717) is 0 Å². The van der Waals surface area contributed by atoms with Gasteiger partial charge in [-0.1, -0.05) is 18.2 Å². The standard InChI is InChI=1S/C13H15NO2/c15-13(16-10-5-3-6-10)12-8-9-4-1-2-7-11(9)14-12/h1-2,4,7,10,12,14H,3,5-6,8H2/t12-/m0/s1. The van der Waals surface area contributed by atoms with E-state index in [9.17, 15) is 4.79 Å². The molecule has 3 nitrogen and oxygen atoms in total. The first-order valence-corrected chi connectivity index (χ1v) is 5.88. The van der Waals surface area contributed by atoms with Crippen LogP contribution in [0.3, 0.4) is 0 Å². The van der Waals surface area contributed by atoms with Gasteiger partial charge in [-0.15, -0.1) is 0 Å². The van der Waals surface area contributed by atoms with Crippen molar-refractivity contribution in [2.45, 2.75) is 37.8 Å². The SMILES string of the molecule is O=C(OC1CCC1)[C@@H]1Cc2ccccc2N1. The third kappa shape index (κ3) is 1.66. The van der Waals surface area contributed by atoms with Crippen LogP contribution in [0.15, 0.2) is 24.3 Å². The lowest BCUT2D eigenvalue weighted by Gasteiger charge is -2.26. The van der Waals surface area contributed by atoms with Crippen LogP contribution in [0.25, 0.3) is 0 Å². The number of benzene rings is 1. The molecule has 1 aromatic rings. The van der Waals surface area contributed by atoms with E-state index in [1.807, 2.05) is 18.2 Å². The summed E-state index contributed by atoms with van der Waals surface area (Å²) in [5.41, 5.74) is 2.27. The zero-order valence-electron chi connectivity index (χ0n) is 9.11. The van der Waals surface area contributed by atoms with E-state index in [2.05, 4.69) is 11.4 Å². The number of nitrogens with one attached hydrogen (secondary N) is 1. The lowest BCUT2D eigenvalue weighted by Crippen LogP contribution is -2.34. The lowest BCUT2D eigenvalue weighted by molar-refractivity contribution is -0.153. The fraction of sp³-hybridized carbons (Fsp3) is 0.462. The summed E-state index contributed by atoms with van der Waals surface area (Å²) in [5, 5.41) is 3.21.